The molecule has 9 heteroatoms. The highest BCUT2D eigenvalue weighted by molar-refractivity contribution is 6.02. The number of urea groups is 1. The van der Waals surface area contributed by atoms with Crippen LogP contribution in [0.3, 0.4) is 0 Å². The van der Waals surface area contributed by atoms with Gasteiger partial charge < -0.3 is 20.5 Å². The van der Waals surface area contributed by atoms with Crippen molar-refractivity contribution in [2.45, 2.75) is 0 Å². The van der Waals surface area contributed by atoms with Gasteiger partial charge in [-0.25, -0.2) is 9.59 Å². The van der Waals surface area contributed by atoms with Crippen molar-refractivity contribution < 1.29 is 9.59 Å². The fourth-order valence-electron chi connectivity index (χ4n) is 2.75. The van der Waals surface area contributed by atoms with E-state index in [0.29, 0.717) is 17.1 Å². The largest absolute Gasteiger partial charge is 0.330 e. The van der Waals surface area contributed by atoms with Crippen molar-refractivity contribution in [1.29, 1.82) is 0 Å². The lowest BCUT2D eigenvalue weighted by molar-refractivity contribution is -0.111. The van der Waals surface area contributed by atoms with Gasteiger partial charge in [0.15, 0.2) is 0 Å². The molecule has 0 aliphatic heterocycles. The summed E-state index contributed by atoms with van der Waals surface area (Å²) in [5, 5.41) is 8.07. The Hall–Kier alpha value is -4.40. The molecule has 1 heterocycles. The number of aryl methyl sites for hydroxylation is 1. The molecule has 0 aliphatic rings. The van der Waals surface area contributed by atoms with E-state index in [1.807, 2.05) is 18.2 Å². The summed E-state index contributed by atoms with van der Waals surface area (Å²) >= 11 is 0. The number of hydrogen-bond acceptors (Lipinski definition) is 4. The van der Waals surface area contributed by atoms with Gasteiger partial charge in [0, 0.05) is 43.4 Å². The Balaban J connectivity index is 1.59. The van der Waals surface area contributed by atoms with Gasteiger partial charge in [0.2, 0.25) is 5.91 Å². The number of benzene rings is 2. The van der Waals surface area contributed by atoms with Crippen LogP contribution in [0.2, 0.25) is 0 Å². The summed E-state index contributed by atoms with van der Waals surface area (Å²) in [5.74, 6) is -0.446. The predicted octanol–water partition coefficient (Wildman–Crippen LogP) is 2.38. The van der Waals surface area contributed by atoms with E-state index in [0.717, 1.165) is 4.57 Å². The molecule has 3 amide bonds. The summed E-state index contributed by atoms with van der Waals surface area (Å²) in [6.45, 7) is 0. The second-order valence-corrected chi connectivity index (χ2v) is 6.69. The van der Waals surface area contributed by atoms with Crippen molar-refractivity contribution in [3.63, 3.8) is 0 Å². The van der Waals surface area contributed by atoms with Crippen molar-refractivity contribution in [3.05, 3.63) is 93.3 Å². The average molecular weight is 419 g/mol. The van der Waals surface area contributed by atoms with Gasteiger partial charge >= 0.3 is 11.7 Å². The number of carbonyl (C=O) groups is 2. The SMILES string of the molecule is Cn1cc(/C=C/C(=O)Nc2ccc(NC(=O)Nc3ccccc3)cc2)c(=O)n(C)c1=O. The van der Waals surface area contributed by atoms with Crippen LogP contribution in [-0.2, 0) is 18.9 Å². The van der Waals surface area contributed by atoms with E-state index in [2.05, 4.69) is 16.0 Å². The fourth-order valence-corrected chi connectivity index (χ4v) is 2.75. The third kappa shape index (κ3) is 5.57. The van der Waals surface area contributed by atoms with Crippen LogP contribution in [0.4, 0.5) is 21.9 Å². The first-order chi connectivity index (χ1) is 14.8. The maximum Gasteiger partial charge on any atom is 0.330 e. The van der Waals surface area contributed by atoms with Crippen molar-refractivity contribution in [2.24, 2.45) is 14.1 Å². The van der Waals surface area contributed by atoms with Crippen molar-refractivity contribution in [1.82, 2.24) is 9.13 Å². The van der Waals surface area contributed by atoms with Gasteiger partial charge in [-0.2, -0.15) is 0 Å². The number of carbonyl (C=O) groups excluding carboxylic acids is 2. The van der Waals surface area contributed by atoms with Crippen molar-refractivity contribution >= 4 is 35.1 Å². The number of anilines is 3. The molecule has 0 spiro atoms. The summed E-state index contributed by atoms with van der Waals surface area (Å²) in [5.41, 5.74) is 1.01. The van der Waals surface area contributed by atoms with Crippen LogP contribution in [-0.4, -0.2) is 21.1 Å². The Morgan fingerprint density at radius 3 is 1.97 bits per heavy atom. The fraction of sp³-hybridized carbons (Fsp3) is 0.0909. The van der Waals surface area contributed by atoms with Gasteiger partial charge in [-0.15, -0.1) is 0 Å². The van der Waals surface area contributed by atoms with Gasteiger partial charge in [0.1, 0.15) is 0 Å². The number of hydrogen-bond donors (Lipinski definition) is 3. The highest BCUT2D eigenvalue weighted by Gasteiger charge is 2.06. The molecule has 0 saturated carbocycles. The molecule has 0 atom stereocenters. The normalized spacial score (nSPS) is 10.6. The summed E-state index contributed by atoms with van der Waals surface area (Å²) in [6, 6.07) is 15.2. The van der Waals surface area contributed by atoms with Crippen LogP contribution in [0.1, 0.15) is 5.56 Å². The molecule has 31 heavy (non-hydrogen) atoms. The summed E-state index contributed by atoms with van der Waals surface area (Å²) in [7, 11) is 2.90. The minimum atomic E-state index is -0.489. The van der Waals surface area contributed by atoms with Crippen LogP contribution in [0.5, 0.6) is 0 Å². The first-order valence-electron chi connectivity index (χ1n) is 9.32. The standard InChI is InChI=1S/C22H21N5O4/c1-26-14-15(20(29)27(2)22(26)31)8-13-19(28)23-17-9-11-18(12-10-17)25-21(30)24-16-6-4-3-5-7-16/h3-14H,1-2H3,(H,23,28)(H2,24,25,30)/b13-8+. The molecule has 0 fully saturated rings. The lowest BCUT2D eigenvalue weighted by Crippen LogP contribution is -2.37. The van der Waals surface area contributed by atoms with Crippen LogP contribution >= 0.6 is 0 Å². The molecule has 3 N–H and O–H groups in total. The van der Waals surface area contributed by atoms with E-state index in [-0.39, 0.29) is 11.6 Å². The maximum atomic E-state index is 12.1. The molecule has 0 bridgehead atoms. The summed E-state index contributed by atoms with van der Waals surface area (Å²) in [6.07, 6.45) is 3.93. The number of nitrogens with one attached hydrogen (secondary N) is 3. The van der Waals surface area contributed by atoms with Gasteiger partial charge in [-0.1, -0.05) is 18.2 Å². The van der Waals surface area contributed by atoms with Gasteiger partial charge in [0.25, 0.3) is 5.56 Å². The molecule has 3 aromatic rings. The Morgan fingerprint density at radius 2 is 1.35 bits per heavy atom. The predicted molar refractivity (Wildman–Crippen MR) is 120 cm³/mol. The highest BCUT2D eigenvalue weighted by Crippen LogP contribution is 2.14. The summed E-state index contributed by atoms with van der Waals surface area (Å²) in [4.78, 5) is 47.9. The smallest absolute Gasteiger partial charge is 0.323 e. The molecule has 0 unspecified atom stereocenters. The van der Waals surface area contributed by atoms with E-state index in [1.165, 1.54) is 37.0 Å². The van der Waals surface area contributed by atoms with Crippen LogP contribution in [0, 0.1) is 0 Å². The topological polar surface area (TPSA) is 114 Å². The first kappa shape index (κ1) is 21.3. The van der Waals surface area contributed by atoms with E-state index >= 15 is 0 Å². The number of amides is 3. The zero-order chi connectivity index (χ0) is 22.4. The summed E-state index contributed by atoms with van der Waals surface area (Å²) < 4.78 is 2.23. The quantitative estimate of drug-likeness (QED) is 0.551. The van der Waals surface area contributed by atoms with E-state index < -0.39 is 17.2 Å². The molecule has 158 valence electrons. The molecule has 1 aromatic heterocycles. The molecule has 0 saturated heterocycles. The maximum absolute atomic E-state index is 12.1. The Bertz CT molecular complexity index is 1240. The van der Waals surface area contributed by atoms with E-state index in [1.54, 1.807) is 36.4 Å². The van der Waals surface area contributed by atoms with Crippen LogP contribution < -0.4 is 27.2 Å². The number of rotatable bonds is 5. The molecule has 2 aromatic carbocycles. The molecule has 9 nitrogen and oxygen atoms in total. The lowest BCUT2D eigenvalue weighted by atomic mass is 10.2. The highest BCUT2D eigenvalue weighted by atomic mass is 16.2. The zero-order valence-electron chi connectivity index (χ0n) is 17.0. The van der Waals surface area contributed by atoms with Crippen LogP contribution in [0.15, 0.2) is 76.5 Å². The molecule has 3 rings (SSSR count). The second-order valence-electron chi connectivity index (χ2n) is 6.69. The lowest BCUT2D eigenvalue weighted by Gasteiger charge is -2.08. The first-order valence-corrected chi connectivity index (χ1v) is 9.32. The number of aromatic nitrogens is 2. The molecule has 0 radical (unpaired) electrons. The van der Waals surface area contributed by atoms with Gasteiger partial charge in [0.05, 0.1) is 5.56 Å². The Morgan fingerprint density at radius 1 is 0.806 bits per heavy atom. The monoisotopic (exact) mass is 419 g/mol. The number of nitrogens with zero attached hydrogens (tertiary/aromatic N) is 2. The average Bonchev–Trinajstić information content (AvgIpc) is 2.76. The molecule has 0 aliphatic carbocycles. The van der Waals surface area contributed by atoms with Crippen molar-refractivity contribution in [2.75, 3.05) is 16.0 Å². The Labute approximate surface area is 177 Å². The second kappa shape index (κ2) is 9.40. The Kier molecular flexibility index (Phi) is 6.46. The minimum Gasteiger partial charge on any atom is -0.323 e. The van der Waals surface area contributed by atoms with E-state index in [9.17, 15) is 19.2 Å². The van der Waals surface area contributed by atoms with E-state index in [4.69, 9.17) is 0 Å². The number of para-hydroxylation sites is 1. The molecular weight excluding hydrogens is 398 g/mol. The third-order valence-electron chi connectivity index (χ3n) is 4.33. The van der Waals surface area contributed by atoms with Gasteiger partial charge in [-0.05, 0) is 42.5 Å². The minimum absolute atomic E-state index is 0.212. The van der Waals surface area contributed by atoms with Crippen molar-refractivity contribution in [3.8, 4) is 0 Å². The van der Waals surface area contributed by atoms with Gasteiger partial charge in [-0.3, -0.25) is 14.2 Å². The van der Waals surface area contributed by atoms with Crippen LogP contribution in [0.25, 0.3) is 6.08 Å². The third-order valence-corrected chi connectivity index (χ3v) is 4.33. The molecular formula is C22H21N5O4. The zero-order valence-corrected chi connectivity index (χ0v) is 17.0.